The first-order chi connectivity index (χ1) is 9.25. The van der Waals surface area contributed by atoms with Gasteiger partial charge in [-0.2, -0.15) is 0 Å². The first kappa shape index (κ1) is 11.6. The highest BCUT2D eigenvalue weighted by atomic mass is 35.5. The van der Waals surface area contributed by atoms with E-state index in [1.54, 1.807) is 0 Å². The Morgan fingerprint density at radius 3 is 2.95 bits per heavy atom. The highest BCUT2D eigenvalue weighted by molar-refractivity contribution is 6.35. The van der Waals surface area contributed by atoms with Crippen molar-refractivity contribution in [2.75, 3.05) is 12.3 Å². The zero-order chi connectivity index (χ0) is 13.0. The average Bonchev–Trinajstić information content (AvgIpc) is 3.02. The van der Waals surface area contributed by atoms with Crippen molar-refractivity contribution in [2.24, 2.45) is 5.92 Å². The molecule has 5 heteroatoms. The molecule has 2 aromatic rings. The minimum Gasteiger partial charge on any atom is -0.376 e. The summed E-state index contributed by atoms with van der Waals surface area (Å²) in [6, 6.07) is 6.14. The number of aromatic nitrogens is 2. The van der Waals surface area contributed by atoms with Crippen molar-refractivity contribution < 1.29 is 4.74 Å². The molecule has 4 nitrogen and oxygen atoms in total. The Bertz CT molecular complexity index is 635. The molecule has 19 heavy (non-hydrogen) atoms. The average molecular weight is 278 g/mol. The molecule has 2 unspecified atom stereocenters. The Kier molecular flexibility index (Phi) is 2.50. The van der Waals surface area contributed by atoms with E-state index in [2.05, 4.69) is 9.55 Å². The molecule has 1 aliphatic heterocycles. The molecule has 0 amide bonds. The molecule has 1 aromatic heterocycles. The summed E-state index contributed by atoms with van der Waals surface area (Å²) in [5.41, 5.74) is 7.94. The number of hydrogen-bond donors (Lipinski definition) is 1. The lowest BCUT2D eigenvalue weighted by molar-refractivity contribution is 0.0762. The molecule has 2 fully saturated rings. The third-order valence-corrected chi connectivity index (χ3v) is 4.52. The molecular formula is C14H16ClN3O. The van der Waals surface area contributed by atoms with Crippen LogP contribution in [0.3, 0.4) is 0 Å². The minimum atomic E-state index is 0.290. The van der Waals surface area contributed by atoms with Crippen LogP contribution in [0.5, 0.6) is 0 Å². The third kappa shape index (κ3) is 1.74. The zero-order valence-electron chi connectivity index (χ0n) is 10.6. The van der Waals surface area contributed by atoms with Crippen LogP contribution in [-0.2, 0) is 4.74 Å². The van der Waals surface area contributed by atoms with Crippen LogP contribution < -0.4 is 5.73 Å². The van der Waals surface area contributed by atoms with Gasteiger partial charge in [-0.25, -0.2) is 4.98 Å². The number of imidazole rings is 1. The molecule has 0 bridgehead atoms. The summed E-state index contributed by atoms with van der Waals surface area (Å²) in [6.45, 7) is 0.811. The lowest BCUT2D eigenvalue weighted by atomic mass is 10.1. The summed E-state index contributed by atoms with van der Waals surface area (Å²) in [5, 5.41) is 0.657. The smallest absolute Gasteiger partial charge is 0.201 e. The number of para-hydroxylation sites is 1. The van der Waals surface area contributed by atoms with Crippen LogP contribution in [0, 0.1) is 5.92 Å². The second kappa shape index (κ2) is 4.12. The van der Waals surface area contributed by atoms with Gasteiger partial charge in [-0.1, -0.05) is 17.7 Å². The largest absolute Gasteiger partial charge is 0.376 e. The Morgan fingerprint density at radius 2 is 2.16 bits per heavy atom. The molecule has 0 radical (unpaired) electrons. The summed E-state index contributed by atoms with van der Waals surface area (Å²) in [7, 11) is 0. The summed E-state index contributed by atoms with van der Waals surface area (Å²) >= 11 is 6.20. The second-order valence-electron chi connectivity index (χ2n) is 5.48. The van der Waals surface area contributed by atoms with Gasteiger partial charge in [0, 0.05) is 6.61 Å². The molecular weight excluding hydrogens is 262 g/mol. The van der Waals surface area contributed by atoms with Gasteiger partial charge in [-0.3, -0.25) is 0 Å². The fraction of sp³-hybridized carbons (Fsp3) is 0.500. The van der Waals surface area contributed by atoms with Gasteiger partial charge < -0.3 is 15.0 Å². The van der Waals surface area contributed by atoms with E-state index in [4.69, 9.17) is 22.1 Å². The molecule has 2 atom stereocenters. The lowest BCUT2D eigenvalue weighted by Gasteiger charge is -2.21. The highest BCUT2D eigenvalue weighted by Gasteiger charge is 2.42. The molecule has 2 heterocycles. The monoisotopic (exact) mass is 277 g/mol. The number of benzene rings is 1. The Labute approximate surface area is 116 Å². The van der Waals surface area contributed by atoms with Gasteiger partial charge in [0.15, 0.2) is 0 Å². The fourth-order valence-corrected chi connectivity index (χ4v) is 3.41. The van der Waals surface area contributed by atoms with Gasteiger partial charge >= 0.3 is 0 Å². The van der Waals surface area contributed by atoms with E-state index in [0.29, 0.717) is 29.0 Å². The Balaban J connectivity index is 1.85. The summed E-state index contributed by atoms with van der Waals surface area (Å²) in [5.74, 6) is 1.24. The molecule has 1 aliphatic carbocycles. The summed E-state index contributed by atoms with van der Waals surface area (Å²) in [4.78, 5) is 4.42. The van der Waals surface area contributed by atoms with Crippen molar-refractivity contribution in [3.05, 3.63) is 23.2 Å². The number of anilines is 1. The number of nitrogens with two attached hydrogens (primary N) is 1. The van der Waals surface area contributed by atoms with Gasteiger partial charge in [0.2, 0.25) is 5.95 Å². The van der Waals surface area contributed by atoms with Crippen LogP contribution >= 0.6 is 11.6 Å². The van der Waals surface area contributed by atoms with E-state index in [0.717, 1.165) is 24.1 Å². The predicted molar refractivity (Wildman–Crippen MR) is 75.3 cm³/mol. The van der Waals surface area contributed by atoms with E-state index >= 15 is 0 Å². The summed E-state index contributed by atoms with van der Waals surface area (Å²) in [6.07, 6.45) is 3.84. The van der Waals surface area contributed by atoms with Crippen molar-refractivity contribution in [3.63, 3.8) is 0 Å². The number of fused-ring (bicyclic) bond motifs is 1. The van der Waals surface area contributed by atoms with Gasteiger partial charge in [0.1, 0.15) is 5.52 Å². The maximum Gasteiger partial charge on any atom is 0.201 e. The first-order valence-electron chi connectivity index (χ1n) is 6.79. The van der Waals surface area contributed by atoms with Crippen LogP contribution in [-0.4, -0.2) is 22.3 Å². The number of nitrogens with zero attached hydrogens (tertiary/aromatic N) is 2. The van der Waals surface area contributed by atoms with Crippen LogP contribution in [0.2, 0.25) is 5.02 Å². The molecule has 0 spiro atoms. The topological polar surface area (TPSA) is 53.1 Å². The zero-order valence-corrected chi connectivity index (χ0v) is 11.3. The maximum absolute atomic E-state index is 6.20. The van der Waals surface area contributed by atoms with Gasteiger partial charge in [-0.15, -0.1) is 0 Å². The number of hydrogen-bond acceptors (Lipinski definition) is 3. The van der Waals surface area contributed by atoms with Crippen molar-refractivity contribution in [1.82, 2.24) is 9.55 Å². The number of nitrogen functional groups attached to an aromatic ring is 1. The molecule has 100 valence electrons. The maximum atomic E-state index is 6.20. The van der Waals surface area contributed by atoms with Crippen molar-refractivity contribution in [1.29, 1.82) is 0 Å². The number of rotatable bonds is 2. The van der Waals surface area contributed by atoms with Gasteiger partial charge in [-0.05, 0) is 37.3 Å². The van der Waals surface area contributed by atoms with E-state index in [-0.39, 0.29) is 0 Å². The van der Waals surface area contributed by atoms with E-state index in [9.17, 15) is 0 Å². The standard InChI is InChI=1S/C14H16ClN3O/c15-9-2-1-3-10-12(9)17-14(16)18(10)11-6-7-19-13(11)8-4-5-8/h1-3,8,11,13H,4-7H2,(H2,16,17). The van der Waals surface area contributed by atoms with Gasteiger partial charge in [0.25, 0.3) is 0 Å². The molecule has 1 aromatic carbocycles. The van der Waals surface area contributed by atoms with Crippen LogP contribution in [0.4, 0.5) is 5.95 Å². The minimum absolute atomic E-state index is 0.290. The second-order valence-corrected chi connectivity index (χ2v) is 5.88. The number of ether oxygens (including phenoxy) is 1. The fourth-order valence-electron chi connectivity index (χ4n) is 3.20. The molecule has 1 saturated carbocycles. The lowest BCUT2D eigenvalue weighted by Crippen LogP contribution is -2.23. The Hall–Kier alpha value is -1.26. The summed E-state index contributed by atoms with van der Waals surface area (Å²) < 4.78 is 8.03. The quantitative estimate of drug-likeness (QED) is 0.918. The first-order valence-corrected chi connectivity index (χ1v) is 7.17. The normalized spacial score (nSPS) is 27.2. The molecule has 2 aliphatic rings. The SMILES string of the molecule is Nc1nc2c(Cl)cccc2n1C1CCOC1C1CC1. The van der Waals surface area contributed by atoms with Gasteiger partial charge in [0.05, 0.1) is 22.7 Å². The molecule has 4 rings (SSSR count). The van der Waals surface area contributed by atoms with E-state index < -0.39 is 0 Å². The van der Waals surface area contributed by atoms with E-state index in [1.165, 1.54) is 12.8 Å². The third-order valence-electron chi connectivity index (χ3n) is 4.22. The Morgan fingerprint density at radius 1 is 1.32 bits per heavy atom. The van der Waals surface area contributed by atoms with E-state index in [1.807, 2.05) is 18.2 Å². The van der Waals surface area contributed by atoms with Crippen molar-refractivity contribution in [3.8, 4) is 0 Å². The predicted octanol–water partition coefficient (Wildman–Crippen LogP) is 3.01. The van der Waals surface area contributed by atoms with Crippen LogP contribution in [0.15, 0.2) is 18.2 Å². The van der Waals surface area contributed by atoms with Crippen LogP contribution in [0.1, 0.15) is 25.3 Å². The van der Waals surface area contributed by atoms with Crippen LogP contribution in [0.25, 0.3) is 11.0 Å². The van der Waals surface area contributed by atoms with Crippen molar-refractivity contribution >= 4 is 28.6 Å². The number of halogens is 1. The molecule has 1 saturated heterocycles. The molecule has 2 N–H and O–H groups in total. The van der Waals surface area contributed by atoms with Crippen molar-refractivity contribution in [2.45, 2.75) is 31.4 Å². The highest BCUT2D eigenvalue weighted by Crippen LogP contribution is 2.45.